The van der Waals surface area contributed by atoms with Crippen LogP contribution in [0.2, 0.25) is 0 Å². The van der Waals surface area contributed by atoms with E-state index >= 15 is 0 Å². The zero-order chi connectivity index (χ0) is 14.5. The lowest BCUT2D eigenvalue weighted by Crippen LogP contribution is -2.51. The van der Waals surface area contributed by atoms with Crippen LogP contribution in [0, 0.1) is 11.7 Å². The Kier molecular flexibility index (Phi) is 6.58. The molecule has 1 fully saturated rings. The number of halogens is 2. The number of rotatable bonds is 5. The molecule has 1 aromatic rings. The van der Waals surface area contributed by atoms with Gasteiger partial charge in [-0.3, -0.25) is 9.59 Å². The first-order valence-electron chi connectivity index (χ1n) is 6.43. The van der Waals surface area contributed by atoms with Gasteiger partial charge in [0.15, 0.2) is 0 Å². The van der Waals surface area contributed by atoms with E-state index in [-0.39, 0.29) is 36.5 Å². The van der Waals surface area contributed by atoms with Gasteiger partial charge in [0.05, 0.1) is 25.5 Å². The van der Waals surface area contributed by atoms with Gasteiger partial charge in [-0.2, -0.15) is 0 Å². The third-order valence-corrected chi connectivity index (χ3v) is 3.34. The molecule has 21 heavy (non-hydrogen) atoms. The summed E-state index contributed by atoms with van der Waals surface area (Å²) < 4.78 is 17.6. The SMILES string of the molecule is COC(=O)CC(NC(=O)C1CNC1)c1ccc(F)cc1.Cl. The van der Waals surface area contributed by atoms with E-state index < -0.39 is 12.0 Å². The average Bonchev–Trinajstić information content (AvgIpc) is 2.36. The monoisotopic (exact) mass is 316 g/mol. The van der Waals surface area contributed by atoms with Crippen LogP contribution in [0.1, 0.15) is 18.0 Å². The predicted molar refractivity (Wildman–Crippen MR) is 77.5 cm³/mol. The molecule has 1 aromatic carbocycles. The van der Waals surface area contributed by atoms with E-state index in [9.17, 15) is 14.0 Å². The normalized spacial score (nSPS) is 15.3. The molecule has 1 unspecified atom stereocenters. The van der Waals surface area contributed by atoms with Crippen molar-refractivity contribution in [1.29, 1.82) is 0 Å². The van der Waals surface area contributed by atoms with Gasteiger partial charge in [0.2, 0.25) is 5.91 Å². The standard InChI is InChI=1S/C14H17FN2O3.ClH/c1-20-13(18)6-12(9-2-4-11(15)5-3-9)17-14(19)10-7-16-8-10;/h2-5,10,12,16H,6-8H2,1H3,(H,17,19);1H. The highest BCUT2D eigenvalue weighted by atomic mass is 35.5. The fourth-order valence-corrected chi connectivity index (χ4v) is 1.96. The summed E-state index contributed by atoms with van der Waals surface area (Å²) >= 11 is 0. The lowest BCUT2D eigenvalue weighted by molar-refractivity contribution is -0.141. The molecule has 1 saturated heterocycles. The molecule has 1 atom stereocenters. The van der Waals surface area contributed by atoms with Crippen molar-refractivity contribution in [1.82, 2.24) is 10.6 Å². The maximum absolute atomic E-state index is 12.9. The van der Waals surface area contributed by atoms with Crippen LogP contribution in [-0.4, -0.2) is 32.1 Å². The summed E-state index contributed by atoms with van der Waals surface area (Å²) in [5.74, 6) is -0.968. The minimum absolute atomic E-state index is 0. The number of hydrogen-bond acceptors (Lipinski definition) is 4. The smallest absolute Gasteiger partial charge is 0.307 e. The predicted octanol–water partition coefficient (Wildman–Crippen LogP) is 1.19. The van der Waals surface area contributed by atoms with Crippen molar-refractivity contribution >= 4 is 24.3 Å². The number of carbonyl (C=O) groups excluding carboxylic acids is 2. The van der Waals surface area contributed by atoms with Gasteiger partial charge in [0.25, 0.3) is 0 Å². The molecule has 0 saturated carbocycles. The van der Waals surface area contributed by atoms with Crippen molar-refractivity contribution in [2.24, 2.45) is 5.92 Å². The Morgan fingerprint density at radius 3 is 2.48 bits per heavy atom. The molecule has 1 aliphatic heterocycles. The summed E-state index contributed by atoms with van der Waals surface area (Å²) in [4.78, 5) is 23.4. The molecule has 0 bridgehead atoms. The molecule has 1 aliphatic rings. The van der Waals surface area contributed by atoms with Crippen LogP contribution in [0.25, 0.3) is 0 Å². The first kappa shape index (κ1) is 17.4. The van der Waals surface area contributed by atoms with E-state index in [1.54, 1.807) is 12.1 Å². The summed E-state index contributed by atoms with van der Waals surface area (Å²) in [6, 6.07) is 5.22. The Balaban J connectivity index is 0.00000220. The zero-order valence-electron chi connectivity index (χ0n) is 11.6. The van der Waals surface area contributed by atoms with Crippen molar-refractivity contribution in [3.05, 3.63) is 35.6 Å². The number of amides is 1. The number of esters is 1. The number of carbonyl (C=O) groups is 2. The van der Waals surface area contributed by atoms with Crippen molar-refractivity contribution in [2.75, 3.05) is 20.2 Å². The minimum atomic E-state index is -0.504. The number of methoxy groups -OCH3 is 1. The highest BCUT2D eigenvalue weighted by Gasteiger charge is 2.28. The fourth-order valence-electron chi connectivity index (χ4n) is 1.96. The Bertz CT molecular complexity index is 491. The highest BCUT2D eigenvalue weighted by Crippen LogP contribution is 2.19. The van der Waals surface area contributed by atoms with Gasteiger partial charge in [0, 0.05) is 13.1 Å². The van der Waals surface area contributed by atoms with Crippen LogP contribution in [0.3, 0.4) is 0 Å². The Hall–Kier alpha value is -1.66. The molecule has 0 radical (unpaired) electrons. The van der Waals surface area contributed by atoms with E-state index in [0.29, 0.717) is 18.7 Å². The molecule has 0 aromatic heterocycles. The molecule has 2 rings (SSSR count). The first-order chi connectivity index (χ1) is 9.60. The topological polar surface area (TPSA) is 67.4 Å². The quantitative estimate of drug-likeness (QED) is 0.801. The molecule has 0 spiro atoms. The molecular formula is C14H18ClFN2O3. The average molecular weight is 317 g/mol. The summed E-state index contributed by atoms with van der Waals surface area (Å²) in [5.41, 5.74) is 0.678. The van der Waals surface area contributed by atoms with Gasteiger partial charge in [0.1, 0.15) is 5.82 Å². The molecule has 7 heteroatoms. The van der Waals surface area contributed by atoms with E-state index in [2.05, 4.69) is 15.4 Å². The van der Waals surface area contributed by atoms with Gasteiger partial charge in [-0.1, -0.05) is 12.1 Å². The molecule has 1 amide bonds. The van der Waals surface area contributed by atoms with Crippen LogP contribution in [0.5, 0.6) is 0 Å². The minimum Gasteiger partial charge on any atom is -0.469 e. The van der Waals surface area contributed by atoms with Crippen molar-refractivity contribution < 1.29 is 18.7 Å². The fraction of sp³-hybridized carbons (Fsp3) is 0.429. The van der Waals surface area contributed by atoms with Gasteiger partial charge in [-0.15, -0.1) is 12.4 Å². The largest absolute Gasteiger partial charge is 0.469 e. The molecule has 5 nitrogen and oxygen atoms in total. The molecule has 2 N–H and O–H groups in total. The lowest BCUT2D eigenvalue weighted by Gasteiger charge is -2.28. The van der Waals surface area contributed by atoms with E-state index in [1.165, 1.54) is 19.2 Å². The summed E-state index contributed by atoms with van der Waals surface area (Å²) in [5, 5.41) is 5.83. The molecule has 0 aliphatic carbocycles. The van der Waals surface area contributed by atoms with E-state index in [0.717, 1.165) is 0 Å². The van der Waals surface area contributed by atoms with Crippen LogP contribution < -0.4 is 10.6 Å². The summed E-state index contributed by atoms with van der Waals surface area (Å²) in [6.07, 6.45) is 0.0218. The maximum atomic E-state index is 12.9. The Morgan fingerprint density at radius 2 is 2.00 bits per heavy atom. The molecular weight excluding hydrogens is 299 g/mol. The van der Waals surface area contributed by atoms with Gasteiger partial charge in [-0.25, -0.2) is 4.39 Å². The molecule has 1 heterocycles. The second-order valence-electron chi connectivity index (χ2n) is 4.75. The second kappa shape index (κ2) is 7.95. The highest BCUT2D eigenvalue weighted by molar-refractivity contribution is 5.85. The number of nitrogens with one attached hydrogen (secondary N) is 2. The van der Waals surface area contributed by atoms with E-state index in [1.807, 2.05) is 0 Å². The maximum Gasteiger partial charge on any atom is 0.307 e. The zero-order valence-corrected chi connectivity index (χ0v) is 12.4. The van der Waals surface area contributed by atoms with Gasteiger partial charge >= 0.3 is 5.97 Å². The second-order valence-corrected chi connectivity index (χ2v) is 4.75. The molecule has 116 valence electrons. The number of benzene rings is 1. The summed E-state index contributed by atoms with van der Waals surface area (Å²) in [7, 11) is 1.29. The van der Waals surface area contributed by atoms with Crippen molar-refractivity contribution in [2.45, 2.75) is 12.5 Å². The third-order valence-electron chi connectivity index (χ3n) is 3.34. The third kappa shape index (κ3) is 4.68. The van der Waals surface area contributed by atoms with E-state index in [4.69, 9.17) is 0 Å². The van der Waals surface area contributed by atoms with Gasteiger partial charge < -0.3 is 15.4 Å². The number of hydrogen-bond donors (Lipinski definition) is 2. The lowest BCUT2D eigenvalue weighted by atomic mass is 9.99. The van der Waals surface area contributed by atoms with Crippen molar-refractivity contribution in [3.63, 3.8) is 0 Å². The van der Waals surface area contributed by atoms with Crippen LogP contribution in [0.15, 0.2) is 24.3 Å². The Labute approximate surface area is 128 Å². The first-order valence-corrected chi connectivity index (χ1v) is 6.43. The van der Waals surface area contributed by atoms with Crippen molar-refractivity contribution in [3.8, 4) is 0 Å². The number of ether oxygens (including phenoxy) is 1. The Morgan fingerprint density at radius 1 is 1.38 bits per heavy atom. The van der Waals surface area contributed by atoms with Crippen LogP contribution in [0.4, 0.5) is 4.39 Å². The van der Waals surface area contributed by atoms with Crippen LogP contribution >= 0.6 is 12.4 Å². The van der Waals surface area contributed by atoms with Gasteiger partial charge in [-0.05, 0) is 17.7 Å². The summed E-state index contributed by atoms with van der Waals surface area (Å²) in [6.45, 7) is 1.28. The van der Waals surface area contributed by atoms with Crippen LogP contribution in [-0.2, 0) is 14.3 Å².